The van der Waals surface area contributed by atoms with E-state index in [0.29, 0.717) is 5.41 Å². The smallest absolute Gasteiger partial charge is 0.0632 e. The predicted octanol–water partition coefficient (Wildman–Crippen LogP) is 6.07. The monoisotopic (exact) mass is 280 g/mol. The first kappa shape index (κ1) is 11.7. The van der Waals surface area contributed by atoms with Crippen molar-refractivity contribution in [3.8, 4) is 0 Å². The van der Waals surface area contributed by atoms with Gasteiger partial charge in [0.15, 0.2) is 0 Å². The Hall–Kier alpha value is -0.380. The minimum absolute atomic E-state index is 0.386. The van der Waals surface area contributed by atoms with Gasteiger partial charge in [-0.3, -0.25) is 0 Å². The molecule has 3 heteroatoms. The molecule has 0 unspecified atom stereocenters. The fraction of sp³-hybridized carbons (Fsp3) is 0.429. The summed E-state index contributed by atoms with van der Waals surface area (Å²) in [5.74, 6) is 0. The van der Waals surface area contributed by atoms with E-state index >= 15 is 0 Å². The molecule has 0 bridgehead atoms. The molecule has 0 aliphatic rings. The summed E-state index contributed by atoms with van der Waals surface area (Å²) in [4.78, 5) is 2.96. The van der Waals surface area contributed by atoms with Crippen LogP contribution in [0, 0.1) is 12.3 Å². The molecular formula is C14H16S3. The molecule has 0 aromatic carbocycles. The van der Waals surface area contributed by atoms with Gasteiger partial charge in [-0.1, -0.05) is 20.8 Å². The molecule has 0 radical (unpaired) electrons. The first-order valence-corrected chi connectivity index (χ1v) is 8.29. The van der Waals surface area contributed by atoms with Gasteiger partial charge in [-0.15, -0.1) is 34.0 Å². The van der Waals surface area contributed by atoms with Gasteiger partial charge in [-0.25, -0.2) is 0 Å². The van der Waals surface area contributed by atoms with Crippen LogP contribution in [0.25, 0.3) is 18.8 Å². The molecule has 0 saturated heterocycles. The van der Waals surface area contributed by atoms with Gasteiger partial charge >= 0.3 is 0 Å². The minimum atomic E-state index is 0.386. The molecule has 0 nitrogen and oxygen atoms in total. The lowest BCUT2D eigenvalue weighted by atomic mass is 9.92. The summed E-state index contributed by atoms with van der Waals surface area (Å²) in [5.41, 5.74) is 0.386. The van der Waals surface area contributed by atoms with E-state index in [-0.39, 0.29) is 0 Å². The van der Waals surface area contributed by atoms with Crippen molar-refractivity contribution in [3.63, 3.8) is 0 Å². The van der Waals surface area contributed by atoms with Crippen LogP contribution >= 0.6 is 34.0 Å². The van der Waals surface area contributed by atoms with E-state index in [0.717, 1.165) is 0 Å². The quantitative estimate of drug-likeness (QED) is 0.507. The summed E-state index contributed by atoms with van der Waals surface area (Å²) in [6.07, 6.45) is 1.19. The summed E-state index contributed by atoms with van der Waals surface area (Å²) >= 11 is 5.89. The molecule has 3 rings (SSSR count). The number of hydrogen-bond acceptors (Lipinski definition) is 3. The Morgan fingerprint density at radius 3 is 2.29 bits per heavy atom. The molecule has 0 amide bonds. The van der Waals surface area contributed by atoms with Gasteiger partial charge in [0, 0.05) is 19.2 Å². The maximum absolute atomic E-state index is 2.40. The molecule has 0 aliphatic carbocycles. The first-order chi connectivity index (χ1) is 7.92. The highest BCUT2D eigenvalue weighted by Gasteiger charge is 2.16. The molecule has 3 aromatic rings. The topological polar surface area (TPSA) is 0 Å². The highest BCUT2D eigenvalue weighted by atomic mass is 32.1. The van der Waals surface area contributed by atoms with E-state index in [1.54, 1.807) is 0 Å². The van der Waals surface area contributed by atoms with Crippen LogP contribution in [0.1, 0.15) is 30.5 Å². The maximum atomic E-state index is 2.40. The van der Waals surface area contributed by atoms with Crippen molar-refractivity contribution in [2.24, 2.45) is 5.41 Å². The number of thiophene rings is 3. The van der Waals surface area contributed by atoms with Crippen molar-refractivity contribution in [2.45, 2.75) is 34.1 Å². The van der Waals surface area contributed by atoms with E-state index < -0.39 is 0 Å². The highest BCUT2D eigenvalue weighted by Crippen LogP contribution is 2.44. The largest absolute Gasteiger partial charge is 0.138 e. The molecule has 0 saturated carbocycles. The van der Waals surface area contributed by atoms with Crippen LogP contribution in [0.3, 0.4) is 0 Å². The third-order valence-electron chi connectivity index (χ3n) is 2.70. The van der Waals surface area contributed by atoms with Crippen molar-refractivity contribution in [2.75, 3.05) is 0 Å². The third kappa shape index (κ3) is 2.16. The van der Waals surface area contributed by atoms with Crippen molar-refractivity contribution >= 4 is 52.8 Å². The lowest BCUT2D eigenvalue weighted by Gasteiger charge is -2.16. The maximum Gasteiger partial charge on any atom is 0.0632 e. The SMILES string of the molecule is Cc1cc2sc3cc(CC(C)(C)C)sc3c2s1. The molecule has 0 atom stereocenters. The predicted molar refractivity (Wildman–Crippen MR) is 83.0 cm³/mol. The lowest BCUT2D eigenvalue weighted by Crippen LogP contribution is -2.07. The zero-order chi connectivity index (χ0) is 12.2. The van der Waals surface area contributed by atoms with Crippen LogP contribution in [0.4, 0.5) is 0 Å². The fourth-order valence-electron chi connectivity index (χ4n) is 2.11. The molecule has 90 valence electrons. The molecule has 0 N–H and O–H groups in total. The van der Waals surface area contributed by atoms with Crippen molar-refractivity contribution < 1.29 is 0 Å². The van der Waals surface area contributed by atoms with Gasteiger partial charge in [0.2, 0.25) is 0 Å². The number of fused-ring (bicyclic) bond motifs is 3. The Morgan fingerprint density at radius 2 is 1.59 bits per heavy atom. The third-order valence-corrected chi connectivity index (χ3v) is 6.39. The minimum Gasteiger partial charge on any atom is -0.138 e. The standard InChI is InChI=1S/C14H16S3/c1-8-5-10-12(15-8)13-11(17-10)6-9(16-13)7-14(2,3)4/h5-6H,7H2,1-4H3. The van der Waals surface area contributed by atoms with E-state index in [2.05, 4.69) is 39.8 Å². The van der Waals surface area contributed by atoms with Crippen molar-refractivity contribution in [3.05, 3.63) is 21.9 Å². The Morgan fingerprint density at radius 1 is 0.941 bits per heavy atom. The summed E-state index contributed by atoms with van der Waals surface area (Å²) in [6, 6.07) is 4.72. The van der Waals surface area contributed by atoms with Crippen LogP contribution in [-0.4, -0.2) is 0 Å². The van der Waals surface area contributed by atoms with Gasteiger partial charge in [0.1, 0.15) is 0 Å². The van der Waals surface area contributed by atoms with Crippen LogP contribution in [0.15, 0.2) is 12.1 Å². The number of hydrogen-bond donors (Lipinski definition) is 0. The summed E-state index contributed by atoms with van der Waals surface area (Å²) in [5, 5.41) is 0. The Bertz CT molecular complexity index is 673. The molecule has 0 aliphatic heterocycles. The normalized spacial score (nSPS) is 12.9. The van der Waals surface area contributed by atoms with Crippen LogP contribution < -0.4 is 0 Å². The van der Waals surface area contributed by atoms with Crippen molar-refractivity contribution in [1.82, 2.24) is 0 Å². The summed E-state index contributed by atoms with van der Waals surface area (Å²) in [7, 11) is 0. The molecule has 0 spiro atoms. The fourth-order valence-corrected chi connectivity index (χ4v) is 6.37. The molecular weight excluding hydrogens is 264 g/mol. The highest BCUT2D eigenvalue weighted by molar-refractivity contribution is 7.38. The molecule has 0 fully saturated rings. The van der Waals surface area contributed by atoms with Crippen molar-refractivity contribution in [1.29, 1.82) is 0 Å². The average molecular weight is 280 g/mol. The molecule has 17 heavy (non-hydrogen) atoms. The van der Waals surface area contributed by atoms with Gasteiger partial charge < -0.3 is 0 Å². The van der Waals surface area contributed by atoms with E-state index in [9.17, 15) is 0 Å². The van der Waals surface area contributed by atoms with Crippen LogP contribution in [0.5, 0.6) is 0 Å². The van der Waals surface area contributed by atoms with E-state index in [1.165, 1.54) is 35.0 Å². The Labute approximate surface area is 114 Å². The van der Waals surface area contributed by atoms with Crippen LogP contribution in [0.2, 0.25) is 0 Å². The number of aryl methyl sites for hydroxylation is 1. The summed E-state index contributed by atoms with van der Waals surface area (Å²) < 4.78 is 5.97. The van der Waals surface area contributed by atoms with Gasteiger partial charge in [0.05, 0.1) is 9.40 Å². The van der Waals surface area contributed by atoms with E-state index in [1.807, 2.05) is 34.0 Å². The second kappa shape index (κ2) is 3.81. The Kier molecular flexibility index (Phi) is 2.62. The van der Waals surface area contributed by atoms with E-state index in [4.69, 9.17) is 0 Å². The zero-order valence-corrected chi connectivity index (χ0v) is 13.0. The number of rotatable bonds is 1. The van der Waals surface area contributed by atoms with Gasteiger partial charge in [0.25, 0.3) is 0 Å². The molecule has 3 aromatic heterocycles. The Balaban J connectivity index is 2.12. The second-order valence-corrected chi connectivity index (χ2v) is 9.27. The van der Waals surface area contributed by atoms with Gasteiger partial charge in [-0.2, -0.15) is 0 Å². The molecule has 3 heterocycles. The lowest BCUT2D eigenvalue weighted by molar-refractivity contribution is 0.415. The second-order valence-electron chi connectivity index (χ2n) is 5.80. The van der Waals surface area contributed by atoms with Crippen LogP contribution in [-0.2, 0) is 6.42 Å². The first-order valence-electron chi connectivity index (χ1n) is 5.84. The average Bonchev–Trinajstić information content (AvgIpc) is 2.72. The zero-order valence-electron chi connectivity index (χ0n) is 10.6. The summed E-state index contributed by atoms with van der Waals surface area (Å²) in [6.45, 7) is 9.13. The van der Waals surface area contributed by atoms with Gasteiger partial charge in [-0.05, 0) is 30.9 Å².